The number of carbonyl (C=O) groups is 1. The van der Waals surface area contributed by atoms with Crippen molar-refractivity contribution < 1.29 is 38.0 Å². The van der Waals surface area contributed by atoms with Crippen molar-refractivity contribution >= 4 is 21.9 Å². The lowest BCUT2D eigenvalue weighted by atomic mass is 10.2. The summed E-state index contributed by atoms with van der Waals surface area (Å²) in [5.74, 6) is -2.96. The Hall–Kier alpha value is -2.46. The van der Waals surface area contributed by atoms with Gasteiger partial charge in [-0.05, 0) is 44.0 Å². The van der Waals surface area contributed by atoms with Gasteiger partial charge in [0.05, 0.1) is 28.3 Å². The molecule has 7 nitrogen and oxygen atoms in total. The molecule has 0 bridgehead atoms. The summed E-state index contributed by atoms with van der Waals surface area (Å²) in [6, 6.07) is 4.74. The van der Waals surface area contributed by atoms with Crippen molar-refractivity contribution in [3.8, 4) is 6.07 Å². The number of anilines is 1. The molecule has 1 atom stereocenters. The molecule has 0 unspecified atom stereocenters. The van der Waals surface area contributed by atoms with Gasteiger partial charge >= 0.3 is 6.18 Å². The van der Waals surface area contributed by atoms with Crippen molar-refractivity contribution in [2.45, 2.75) is 53.5 Å². The SMILES string of the molecule is N#CC1(NC=O)CC1.O=S(=O)(c1ccc(N2CCC(F)(F)C2)cc1C(F)(F)F)[C@@H]1CCNC1.[HH].[HH]. The first-order valence-electron chi connectivity index (χ1n) is 10.2. The van der Waals surface area contributed by atoms with E-state index in [1.165, 1.54) is 6.07 Å². The fourth-order valence-corrected chi connectivity index (χ4v) is 5.60. The zero-order valence-corrected chi connectivity index (χ0v) is 18.3. The molecule has 0 spiro atoms. The summed E-state index contributed by atoms with van der Waals surface area (Å²) in [7, 11) is -4.16. The van der Waals surface area contributed by atoms with E-state index in [0.29, 0.717) is 19.0 Å². The van der Waals surface area contributed by atoms with E-state index in [1.807, 2.05) is 6.07 Å². The molecular formula is C20H27F5N4O3S. The number of halogens is 5. The maximum absolute atomic E-state index is 13.4. The van der Waals surface area contributed by atoms with Crippen LogP contribution in [0.1, 0.15) is 34.1 Å². The monoisotopic (exact) mass is 498 g/mol. The number of rotatable bonds is 5. The van der Waals surface area contributed by atoms with Gasteiger partial charge in [-0.2, -0.15) is 18.4 Å². The van der Waals surface area contributed by atoms with Crippen LogP contribution in [-0.2, 0) is 20.8 Å². The van der Waals surface area contributed by atoms with Crippen LogP contribution in [0.25, 0.3) is 0 Å². The first-order valence-corrected chi connectivity index (χ1v) is 11.8. The van der Waals surface area contributed by atoms with E-state index in [1.54, 1.807) is 0 Å². The minimum atomic E-state index is -4.90. The third-order valence-electron chi connectivity index (χ3n) is 5.86. The quantitative estimate of drug-likeness (QED) is 0.478. The smallest absolute Gasteiger partial charge is 0.365 e. The van der Waals surface area contributed by atoms with Crippen molar-refractivity contribution in [3.63, 3.8) is 0 Å². The van der Waals surface area contributed by atoms with Gasteiger partial charge in [0.25, 0.3) is 5.92 Å². The molecule has 2 heterocycles. The Morgan fingerprint density at radius 2 is 1.97 bits per heavy atom. The summed E-state index contributed by atoms with van der Waals surface area (Å²) in [6.45, 7) is -0.238. The molecule has 33 heavy (non-hydrogen) atoms. The second-order valence-corrected chi connectivity index (χ2v) is 10.5. The van der Waals surface area contributed by atoms with E-state index in [9.17, 15) is 35.2 Å². The van der Waals surface area contributed by atoms with Gasteiger partial charge in [0.15, 0.2) is 9.84 Å². The molecule has 1 amide bonds. The largest absolute Gasteiger partial charge is 0.417 e. The van der Waals surface area contributed by atoms with Crippen LogP contribution in [0.4, 0.5) is 27.6 Å². The molecular weight excluding hydrogens is 471 g/mol. The highest BCUT2D eigenvalue weighted by Gasteiger charge is 2.43. The summed E-state index contributed by atoms with van der Waals surface area (Å²) < 4.78 is 92.1. The number of nitriles is 1. The second kappa shape index (κ2) is 9.06. The second-order valence-electron chi connectivity index (χ2n) is 8.32. The number of carbonyl (C=O) groups excluding carboxylic acids is 1. The Morgan fingerprint density at radius 1 is 1.27 bits per heavy atom. The predicted molar refractivity (Wildman–Crippen MR) is 113 cm³/mol. The van der Waals surface area contributed by atoms with E-state index in [0.717, 1.165) is 23.8 Å². The zero-order chi connectivity index (χ0) is 24.5. The molecule has 0 radical (unpaired) electrons. The fourth-order valence-electron chi connectivity index (χ4n) is 3.74. The van der Waals surface area contributed by atoms with Crippen LogP contribution in [0, 0.1) is 11.3 Å². The van der Waals surface area contributed by atoms with Gasteiger partial charge in [-0.1, -0.05) is 0 Å². The number of amides is 1. The molecule has 1 aromatic rings. The molecule has 1 aliphatic carbocycles. The Labute approximate surface area is 190 Å². The van der Waals surface area contributed by atoms with Crippen LogP contribution in [0.5, 0.6) is 0 Å². The van der Waals surface area contributed by atoms with Crippen molar-refractivity contribution in [3.05, 3.63) is 23.8 Å². The highest BCUT2D eigenvalue weighted by atomic mass is 32.2. The third kappa shape index (κ3) is 5.73. The first-order chi connectivity index (χ1) is 15.3. The molecule has 0 aromatic heterocycles. The molecule has 2 aliphatic heterocycles. The maximum atomic E-state index is 13.4. The lowest BCUT2D eigenvalue weighted by Crippen LogP contribution is -2.28. The highest BCUT2D eigenvalue weighted by molar-refractivity contribution is 7.92. The van der Waals surface area contributed by atoms with Gasteiger partial charge in [0.1, 0.15) is 5.54 Å². The molecule has 4 rings (SSSR count). The average molecular weight is 499 g/mol. The summed E-state index contributed by atoms with van der Waals surface area (Å²) in [4.78, 5) is 10.1. The average Bonchev–Trinajstić information content (AvgIpc) is 3.13. The minimum absolute atomic E-state index is 0. The van der Waals surface area contributed by atoms with Gasteiger partial charge in [-0.15, -0.1) is 0 Å². The number of nitrogens with zero attached hydrogens (tertiary/aromatic N) is 2. The van der Waals surface area contributed by atoms with Crippen LogP contribution in [0.15, 0.2) is 23.1 Å². The first kappa shape index (κ1) is 25.2. The topological polar surface area (TPSA) is 102 Å². The number of nitrogens with one attached hydrogen (secondary N) is 2. The minimum Gasteiger partial charge on any atom is -0.365 e. The van der Waals surface area contributed by atoms with E-state index >= 15 is 0 Å². The van der Waals surface area contributed by atoms with Crippen molar-refractivity contribution in [1.82, 2.24) is 10.6 Å². The van der Waals surface area contributed by atoms with Gasteiger partial charge < -0.3 is 15.5 Å². The predicted octanol–water partition coefficient (Wildman–Crippen LogP) is 2.97. The zero-order valence-electron chi connectivity index (χ0n) is 17.5. The number of hydrogen-bond donors (Lipinski definition) is 2. The van der Waals surface area contributed by atoms with Crippen LogP contribution in [0.3, 0.4) is 0 Å². The number of benzene rings is 1. The Balaban J connectivity index is 0.000000524. The molecule has 186 valence electrons. The molecule has 13 heteroatoms. The van der Waals surface area contributed by atoms with Crippen LogP contribution >= 0.6 is 0 Å². The van der Waals surface area contributed by atoms with E-state index in [-0.39, 0.29) is 28.1 Å². The van der Waals surface area contributed by atoms with Crippen LogP contribution < -0.4 is 15.5 Å². The summed E-state index contributed by atoms with van der Waals surface area (Å²) in [5, 5.41) is 12.7. The van der Waals surface area contributed by atoms with E-state index in [4.69, 9.17) is 5.26 Å². The summed E-state index contributed by atoms with van der Waals surface area (Å²) in [5.41, 5.74) is -1.82. The van der Waals surface area contributed by atoms with Crippen molar-refractivity contribution in [1.29, 1.82) is 5.26 Å². The maximum Gasteiger partial charge on any atom is 0.417 e. The summed E-state index contributed by atoms with van der Waals surface area (Å²) >= 11 is 0. The molecule has 3 aliphatic rings. The van der Waals surface area contributed by atoms with Crippen LogP contribution in [-0.4, -0.2) is 57.7 Å². The number of sulfone groups is 1. The van der Waals surface area contributed by atoms with Gasteiger partial charge in [-0.3, -0.25) is 4.79 Å². The van der Waals surface area contributed by atoms with Gasteiger partial charge in [-0.25, -0.2) is 17.2 Å². The lowest BCUT2D eigenvalue weighted by molar-refractivity contribution is -0.139. The molecule has 1 saturated carbocycles. The number of alkyl halides is 5. The lowest BCUT2D eigenvalue weighted by Gasteiger charge is -2.22. The molecule has 2 N–H and O–H groups in total. The third-order valence-corrected chi connectivity index (χ3v) is 8.11. The Kier molecular flexibility index (Phi) is 6.91. The van der Waals surface area contributed by atoms with Crippen LogP contribution in [0.2, 0.25) is 0 Å². The standard InChI is InChI=1S/C15H17F5N2O2S.C5H6N2O.2H2/c16-14(17)4-6-22(9-14)10-1-2-13(12(7-10)15(18,19)20)25(23,24)11-3-5-21-8-11;6-3-5(1-2-5)7-4-8;;/h1-2,7,11,21H,3-6,8-9H2;4H,1-2H2,(H,7,8);2*1H/t11-;;;/m1.../s1. The summed E-state index contributed by atoms with van der Waals surface area (Å²) in [6.07, 6.45) is -2.91. The molecule has 1 aromatic carbocycles. The van der Waals surface area contributed by atoms with Gasteiger partial charge in [0, 0.05) is 28.1 Å². The normalized spacial score (nSPS) is 23.3. The molecule has 3 fully saturated rings. The molecule has 2 saturated heterocycles. The highest BCUT2D eigenvalue weighted by Crippen LogP contribution is 2.40. The Bertz CT molecular complexity index is 1040. The van der Waals surface area contributed by atoms with Crippen molar-refractivity contribution in [2.75, 3.05) is 31.1 Å². The van der Waals surface area contributed by atoms with E-state index < -0.39 is 56.1 Å². The van der Waals surface area contributed by atoms with Gasteiger partial charge in [0.2, 0.25) is 6.41 Å². The fraction of sp³-hybridized carbons (Fsp3) is 0.600. The van der Waals surface area contributed by atoms with Crippen molar-refractivity contribution in [2.24, 2.45) is 0 Å². The number of hydrogen-bond acceptors (Lipinski definition) is 6. The Morgan fingerprint density at radius 3 is 2.39 bits per heavy atom. The van der Waals surface area contributed by atoms with E-state index in [2.05, 4.69) is 10.6 Å².